The Bertz CT molecular complexity index is 887. The molecule has 8 nitrogen and oxygen atoms in total. The molecule has 1 aromatic carbocycles. The van der Waals surface area contributed by atoms with Gasteiger partial charge in [0.05, 0.1) is 0 Å². The Morgan fingerprint density at radius 3 is 1.38 bits per heavy atom. The number of benzene rings is 1. The number of amides is 4. The summed E-state index contributed by atoms with van der Waals surface area (Å²) in [5.41, 5.74) is 11.3. The fraction of sp³-hybridized carbons (Fsp3) is 0.688. The molecule has 8 heteroatoms. The molecule has 224 valence electrons. The second-order valence-electron chi connectivity index (χ2n) is 11.2. The molecule has 3 rings (SSSR count). The van der Waals surface area contributed by atoms with Gasteiger partial charge in [-0.05, 0) is 62.8 Å². The summed E-state index contributed by atoms with van der Waals surface area (Å²) in [7, 11) is 0. The minimum absolute atomic E-state index is 0.0490. The molecular weight excluding hydrogens is 504 g/mol. The lowest BCUT2D eigenvalue weighted by atomic mass is 10.1. The van der Waals surface area contributed by atoms with Gasteiger partial charge in [0.25, 0.3) is 5.91 Å². The fourth-order valence-electron chi connectivity index (χ4n) is 5.35. The summed E-state index contributed by atoms with van der Waals surface area (Å²) in [6.45, 7) is 3.61. The number of carbonyl (C=O) groups excluding carboxylic acids is 4. The number of unbranched alkanes of at least 4 members (excludes halogenated alkanes) is 7. The first-order valence-corrected chi connectivity index (χ1v) is 15.6. The average molecular weight is 557 g/mol. The van der Waals surface area contributed by atoms with Gasteiger partial charge in [0.15, 0.2) is 0 Å². The van der Waals surface area contributed by atoms with E-state index in [0.717, 1.165) is 64.7 Å². The smallest absolute Gasteiger partial charge is 0.253 e. The third-order valence-corrected chi connectivity index (χ3v) is 7.83. The quantitative estimate of drug-likeness (QED) is 0.308. The van der Waals surface area contributed by atoms with Crippen LogP contribution < -0.4 is 11.5 Å². The first-order valence-electron chi connectivity index (χ1n) is 15.6. The van der Waals surface area contributed by atoms with Crippen LogP contribution in [0.5, 0.6) is 0 Å². The summed E-state index contributed by atoms with van der Waals surface area (Å²) in [5.74, 6) is -0.237. The van der Waals surface area contributed by atoms with Gasteiger partial charge < -0.3 is 21.3 Å². The maximum Gasteiger partial charge on any atom is 0.253 e. The lowest BCUT2D eigenvalue weighted by Crippen LogP contribution is -2.31. The van der Waals surface area contributed by atoms with E-state index in [0.29, 0.717) is 23.5 Å². The molecule has 2 aliphatic rings. The molecule has 0 aromatic heterocycles. The van der Waals surface area contributed by atoms with E-state index in [2.05, 4.69) is 4.90 Å². The van der Waals surface area contributed by atoms with Crippen LogP contribution in [0, 0.1) is 0 Å². The zero-order chi connectivity index (χ0) is 29.0. The monoisotopic (exact) mass is 556 g/mol. The SMILES string of the molecule is NC(=O)CCCCCCCCCCC(=O)N1CCCCCC1.NC(=O)c1ccc(C(=O)N2CCCCCC2)cc1. The predicted octanol–water partition coefficient (Wildman–Crippen LogP) is 5.58. The molecule has 2 aliphatic heterocycles. The third-order valence-electron chi connectivity index (χ3n) is 7.83. The van der Waals surface area contributed by atoms with Crippen molar-refractivity contribution in [2.24, 2.45) is 11.5 Å². The van der Waals surface area contributed by atoms with Crippen LogP contribution in [-0.4, -0.2) is 59.6 Å². The number of hydrogen-bond donors (Lipinski definition) is 2. The molecule has 2 heterocycles. The number of carbonyl (C=O) groups is 4. The van der Waals surface area contributed by atoms with Crippen molar-refractivity contribution in [3.8, 4) is 0 Å². The molecule has 4 N–H and O–H groups in total. The first kappa shape index (κ1) is 33.3. The van der Waals surface area contributed by atoms with Crippen molar-refractivity contribution in [3.05, 3.63) is 35.4 Å². The van der Waals surface area contributed by atoms with Gasteiger partial charge in [0.2, 0.25) is 17.7 Å². The highest BCUT2D eigenvalue weighted by Gasteiger charge is 2.17. The van der Waals surface area contributed by atoms with Crippen molar-refractivity contribution in [3.63, 3.8) is 0 Å². The van der Waals surface area contributed by atoms with Crippen molar-refractivity contribution in [2.75, 3.05) is 26.2 Å². The van der Waals surface area contributed by atoms with E-state index in [1.54, 1.807) is 24.3 Å². The highest BCUT2D eigenvalue weighted by Crippen LogP contribution is 2.15. The lowest BCUT2D eigenvalue weighted by molar-refractivity contribution is -0.131. The van der Waals surface area contributed by atoms with E-state index in [-0.39, 0.29) is 11.8 Å². The Morgan fingerprint density at radius 1 is 0.525 bits per heavy atom. The van der Waals surface area contributed by atoms with E-state index in [1.807, 2.05) is 4.90 Å². The van der Waals surface area contributed by atoms with Crippen molar-refractivity contribution >= 4 is 23.6 Å². The highest BCUT2D eigenvalue weighted by molar-refractivity contribution is 5.97. The zero-order valence-electron chi connectivity index (χ0n) is 24.5. The second kappa shape index (κ2) is 20.0. The molecule has 1 aromatic rings. The van der Waals surface area contributed by atoms with E-state index < -0.39 is 5.91 Å². The van der Waals surface area contributed by atoms with Gasteiger partial charge in [-0.2, -0.15) is 0 Å². The van der Waals surface area contributed by atoms with Crippen molar-refractivity contribution in [2.45, 2.75) is 116 Å². The van der Waals surface area contributed by atoms with Gasteiger partial charge in [-0.25, -0.2) is 0 Å². The van der Waals surface area contributed by atoms with Crippen LogP contribution >= 0.6 is 0 Å². The number of rotatable bonds is 13. The highest BCUT2D eigenvalue weighted by atomic mass is 16.2. The average Bonchev–Trinajstić information content (AvgIpc) is 3.40. The Morgan fingerprint density at radius 2 is 0.925 bits per heavy atom. The van der Waals surface area contributed by atoms with E-state index in [4.69, 9.17) is 11.5 Å². The Labute approximate surface area is 241 Å². The van der Waals surface area contributed by atoms with Crippen LogP contribution in [-0.2, 0) is 9.59 Å². The summed E-state index contributed by atoms with van der Waals surface area (Å²) in [6, 6.07) is 6.56. The predicted molar refractivity (Wildman–Crippen MR) is 160 cm³/mol. The van der Waals surface area contributed by atoms with Crippen LogP contribution in [0.3, 0.4) is 0 Å². The van der Waals surface area contributed by atoms with E-state index in [9.17, 15) is 19.2 Å². The minimum atomic E-state index is -0.469. The summed E-state index contributed by atoms with van der Waals surface area (Å²) < 4.78 is 0. The molecule has 2 fully saturated rings. The summed E-state index contributed by atoms with van der Waals surface area (Å²) in [4.78, 5) is 49.9. The molecule has 40 heavy (non-hydrogen) atoms. The number of hydrogen-bond acceptors (Lipinski definition) is 4. The molecule has 0 saturated carbocycles. The number of primary amides is 2. The van der Waals surface area contributed by atoms with E-state index in [1.165, 1.54) is 70.6 Å². The van der Waals surface area contributed by atoms with Crippen LogP contribution in [0.25, 0.3) is 0 Å². The maximum absolute atomic E-state index is 12.2. The lowest BCUT2D eigenvalue weighted by Gasteiger charge is -2.20. The molecule has 4 amide bonds. The van der Waals surface area contributed by atoms with Crippen LogP contribution in [0.2, 0.25) is 0 Å². The van der Waals surface area contributed by atoms with Crippen molar-refractivity contribution in [1.29, 1.82) is 0 Å². The standard InChI is InChI=1S/C18H34N2O2.C14H18N2O2/c19-17(21)13-9-5-3-1-2-4-6-10-14-18(22)20-15-11-7-8-12-16-20;15-13(17)11-5-7-12(8-6-11)14(18)16-9-3-1-2-4-10-16/h1-16H2,(H2,19,21);5-8H,1-4,9-10H2,(H2,15,17). The molecule has 2 saturated heterocycles. The molecule has 0 aliphatic carbocycles. The largest absolute Gasteiger partial charge is 0.370 e. The Kier molecular flexibility index (Phi) is 16.7. The molecule has 0 atom stereocenters. The summed E-state index contributed by atoms with van der Waals surface area (Å²) in [6.07, 6.45) is 19.9. The van der Waals surface area contributed by atoms with Crippen LogP contribution in [0.1, 0.15) is 136 Å². The second-order valence-corrected chi connectivity index (χ2v) is 11.2. The van der Waals surface area contributed by atoms with Gasteiger partial charge >= 0.3 is 0 Å². The van der Waals surface area contributed by atoms with Crippen LogP contribution in [0.4, 0.5) is 0 Å². The van der Waals surface area contributed by atoms with E-state index >= 15 is 0 Å². The Hall–Kier alpha value is -2.90. The third kappa shape index (κ3) is 13.9. The topological polar surface area (TPSA) is 127 Å². The van der Waals surface area contributed by atoms with Gasteiger partial charge in [-0.1, -0.05) is 64.2 Å². The molecule has 0 unspecified atom stereocenters. The summed E-state index contributed by atoms with van der Waals surface area (Å²) in [5, 5.41) is 0. The minimum Gasteiger partial charge on any atom is -0.370 e. The fourth-order valence-corrected chi connectivity index (χ4v) is 5.35. The van der Waals surface area contributed by atoms with Crippen molar-refractivity contribution < 1.29 is 19.2 Å². The molecule has 0 bridgehead atoms. The number of nitrogens with zero attached hydrogens (tertiary/aromatic N) is 2. The summed E-state index contributed by atoms with van der Waals surface area (Å²) >= 11 is 0. The number of likely N-dealkylation sites (tertiary alicyclic amines) is 2. The maximum atomic E-state index is 12.2. The first-order chi connectivity index (χ1) is 19.4. The zero-order valence-corrected chi connectivity index (χ0v) is 24.5. The molecule has 0 radical (unpaired) electrons. The van der Waals surface area contributed by atoms with Gasteiger partial charge in [0.1, 0.15) is 0 Å². The molecule has 0 spiro atoms. The van der Waals surface area contributed by atoms with Crippen molar-refractivity contribution in [1.82, 2.24) is 9.80 Å². The van der Waals surface area contributed by atoms with Gasteiger partial charge in [-0.3, -0.25) is 19.2 Å². The van der Waals surface area contributed by atoms with Gasteiger partial charge in [0, 0.05) is 50.1 Å². The number of nitrogens with two attached hydrogens (primary N) is 2. The normalized spacial score (nSPS) is 15.8. The Balaban J connectivity index is 0.000000285. The van der Waals surface area contributed by atoms with Gasteiger partial charge in [-0.15, -0.1) is 0 Å². The molecular formula is C32H52N4O4. The van der Waals surface area contributed by atoms with Crippen LogP contribution in [0.15, 0.2) is 24.3 Å².